The van der Waals surface area contributed by atoms with Crippen LogP contribution in [0.15, 0.2) is 30.6 Å². The summed E-state index contributed by atoms with van der Waals surface area (Å²) in [4.78, 5) is 18.8. The Morgan fingerprint density at radius 3 is 3.08 bits per heavy atom. The topological polar surface area (TPSA) is 89.1 Å². The number of nitrogens with one attached hydrogen (secondary N) is 1. The lowest BCUT2D eigenvalue weighted by Gasteiger charge is -2.33. The molecule has 0 radical (unpaired) electrons. The van der Waals surface area contributed by atoms with Gasteiger partial charge in [-0.25, -0.2) is 4.68 Å². The zero-order chi connectivity index (χ0) is 16.9. The fourth-order valence-electron chi connectivity index (χ4n) is 3.17. The summed E-state index contributed by atoms with van der Waals surface area (Å²) in [6, 6.07) is 5.97. The van der Waals surface area contributed by atoms with Crippen molar-refractivity contribution in [2.45, 2.75) is 38.9 Å². The molecule has 1 amide bonds. The highest BCUT2D eigenvalue weighted by Gasteiger charge is 2.22. The van der Waals surface area contributed by atoms with Gasteiger partial charge >= 0.3 is 0 Å². The average molecular weight is 328 g/mol. The molecule has 0 unspecified atom stereocenters. The number of amides is 1. The molecule has 3 rings (SSSR count). The molecule has 0 bridgehead atoms. The number of rotatable bonds is 5. The van der Waals surface area contributed by atoms with Crippen molar-refractivity contribution >= 4 is 11.7 Å². The van der Waals surface area contributed by atoms with Crippen molar-refractivity contribution in [2.24, 2.45) is 0 Å². The van der Waals surface area contributed by atoms with Crippen molar-refractivity contribution in [1.29, 1.82) is 0 Å². The Bertz CT molecular complexity index is 684. The molecule has 1 atom stereocenters. The molecule has 7 heteroatoms. The summed E-state index contributed by atoms with van der Waals surface area (Å²) < 4.78 is 1.54. The molecular formula is C17H24N6O. The number of hydrogen-bond acceptors (Lipinski definition) is 5. The Morgan fingerprint density at radius 1 is 1.50 bits per heavy atom. The van der Waals surface area contributed by atoms with Crippen LogP contribution in [0.3, 0.4) is 0 Å². The van der Waals surface area contributed by atoms with Gasteiger partial charge in [-0.3, -0.25) is 14.7 Å². The maximum Gasteiger partial charge on any atom is 0.242 e. The molecule has 128 valence electrons. The summed E-state index contributed by atoms with van der Waals surface area (Å²) in [6.45, 7) is 4.80. The van der Waals surface area contributed by atoms with Gasteiger partial charge in [0.15, 0.2) is 0 Å². The van der Waals surface area contributed by atoms with Crippen molar-refractivity contribution in [3.05, 3.63) is 41.9 Å². The summed E-state index contributed by atoms with van der Waals surface area (Å²) in [7, 11) is 0. The fraction of sp³-hybridized carbons (Fsp3) is 0.471. The summed E-state index contributed by atoms with van der Waals surface area (Å²) >= 11 is 0. The van der Waals surface area contributed by atoms with Crippen LogP contribution >= 0.6 is 0 Å². The third kappa shape index (κ3) is 4.32. The van der Waals surface area contributed by atoms with E-state index in [4.69, 9.17) is 5.73 Å². The first kappa shape index (κ1) is 16.4. The molecule has 1 fully saturated rings. The van der Waals surface area contributed by atoms with Gasteiger partial charge in [0.25, 0.3) is 0 Å². The summed E-state index contributed by atoms with van der Waals surface area (Å²) in [5.41, 5.74) is 7.86. The van der Waals surface area contributed by atoms with Crippen LogP contribution in [0.4, 0.5) is 5.82 Å². The van der Waals surface area contributed by atoms with Crippen molar-refractivity contribution in [3.8, 4) is 0 Å². The molecule has 0 saturated carbocycles. The standard InChI is InChI=1S/C17H24N6O/c1-13-8-16(18)23(21-13)12-17(24)20-15-5-3-7-22(11-15)10-14-4-2-6-19-9-14/h2,4,6,8-9,15H,3,5,7,10-12,18H2,1H3,(H,20,24)/t15-/m1/s1. The van der Waals surface area contributed by atoms with Gasteiger partial charge in [-0.15, -0.1) is 0 Å². The van der Waals surface area contributed by atoms with Gasteiger partial charge in [0.05, 0.1) is 5.69 Å². The monoisotopic (exact) mass is 328 g/mol. The van der Waals surface area contributed by atoms with Crippen LogP contribution < -0.4 is 11.1 Å². The van der Waals surface area contributed by atoms with Crippen LogP contribution in [-0.4, -0.2) is 44.7 Å². The van der Waals surface area contributed by atoms with Crippen molar-refractivity contribution < 1.29 is 4.79 Å². The van der Waals surface area contributed by atoms with Gasteiger partial charge in [-0.1, -0.05) is 6.07 Å². The van der Waals surface area contributed by atoms with E-state index in [0.29, 0.717) is 5.82 Å². The van der Waals surface area contributed by atoms with E-state index in [9.17, 15) is 4.79 Å². The van der Waals surface area contributed by atoms with Gasteiger partial charge in [0.2, 0.25) is 5.91 Å². The molecule has 3 N–H and O–H groups in total. The summed E-state index contributed by atoms with van der Waals surface area (Å²) in [5, 5.41) is 7.33. The van der Waals surface area contributed by atoms with Crippen LogP contribution in [0.2, 0.25) is 0 Å². The molecule has 0 spiro atoms. The van der Waals surface area contributed by atoms with E-state index < -0.39 is 0 Å². The Kier molecular flexibility index (Phi) is 5.10. The van der Waals surface area contributed by atoms with Gasteiger partial charge in [0.1, 0.15) is 12.4 Å². The summed E-state index contributed by atoms with van der Waals surface area (Å²) in [5.74, 6) is 0.475. The number of carbonyl (C=O) groups is 1. The number of nitrogen functional groups attached to an aromatic ring is 1. The number of hydrogen-bond donors (Lipinski definition) is 2. The Morgan fingerprint density at radius 2 is 2.38 bits per heavy atom. The van der Waals surface area contributed by atoms with Crippen LogP contribution in [0.25, 0.3) is 0 Å². The van der Waals surface area contributed by atoms with Crippen molar-refractivity contribution in [2.75, 3.05) is 18.8 Å². The van der Waals surface area contributed by atoms with Gasteiger partial charge in [-0.05, 0) is 37.9 Å². The van der Waals surface area contributed by atoms with Crippen molar-refractivity contribution in [1.82, 2.24) is 25.0 Å². The number of likely N-dealkylation sites (tertiary alicyclic amines) is 1. The van der Waals surface area contributed by atoms with E-state index in [2.05, 4.69) is 26.4 Å². The number of anilines is 1. The molecule has 2 aromatic rings. The van der Waals surface area contributed by atoms with E-state index >= 15 is 0 Å². The molecule has 0 aliphatic carbocycles. The van der Waals surface area contributed by atoms with Crippen LogP contribution in [0.1, 0.15) is 24.1 Å². The van der Waals surface area contributed by atoms with Crippen LogP contribution in [0.5, 0.6) is 0 Å². The Balaban J connectivity index is 1.51. The van der Waals surface area contributed by atoms with E-state index in [1.807, 2.05) is 19.2 Å². The molecule has 24 heavy (non-hydrogen) atoms. The third-order valence-corrected chi connectivity index (χ3v) is 4.23. The first-order valence-electron chi connectivity index (χ1n) is 8.30. The number of pyridine rings is 1. The lowest BCUT2D eigenvalue weighted by molar-refractivity contribution is -0.122. The minimum atomic E-state index is -0.0435. The second-order valence-corrected chi connectivity index (χ2v) is 6.37. The first-order valence-corrected chi connectivity index (χ1v) is 8.30. The largest absolute Gasteiger partial charge is 0.384 e. The predicted octanol–water partition coefficient (Wildman–Crippen LogP) is 0.950. The minimum Gasteiger partial charge on any atom is -0.384 e. The smallest absolute Gasteiger partial charge is 0.242 e. The number of piperidine rings is 1. The second kappa shape index (κ2) is 7.44. The lowest BCUT2D eigenvalue weighted by atomic mass is 10.0. The molecular weight excluding hydrogens is 304 g/mol. The van der Waals surface area contributed by atoms with Gasteiger partial charge in [0, 0.05) is 37.6 Å². The normalized spacial score (nSPS) is 18.5. The van der Waals surface area contributed by atoms with E-state index in [-0.39, 0.29) is 18.5 Å². The molecule has 0 aromatic carbocycles. The molecule has 3 heterocycles. The number of nitrogens with two attached hydrogens (primary N) is 1. The number of aromatic nitrogens is 3. The van der Waals surface area contributed by atoms with Crippen molar-refractivity contribution in [3.63, 3.8) is 0 Å². The highest BCUT2D eigenvalue weighted by molar-refractivity contribution is 5.76. The number of nitrogens with zero attached hydrogens (tertiary/aromatic N) is 4. The zero-order valence-electron chi connectivity index (χ0n) is 14.0. The van der Waals surface area contributed by atoms with E-state index in [1.54, 1.807) is 16.9 Å². The van der Waals surface area contributed by atoms with E-state index in [1.165, 1.54) is 5.56 Å². The Labute approximate surface area is 141 Å². The van der Waals surface area contributed by atoms with Crippen LogP contribution in [-0.2, 0) is 17.9 Å². The maximum atomic E-state index is 12.3. The van der Waals surface area contributed by atoms with Crippen LogP contribution in [0, 0.1) is 6.92 Å². The fourth-order valence-corrected chi connectivity index (χ4v) is 3.17. The lowest BCUT2D eigenvalue weighted by Crippen LogP contribution is -2.48. The average Bonchev–Trinajstić information content (AvgIpc) is 2.86. The molecule has 2 aromatic heterocycles. The molecule has 1 aliphatic heterocycles. The maximum absolute atomic E-state index is 12.3. The highest BCUT2D eigenvalue weighted by Crippen LogP contribution is 2.13. The SMILES string of the molecule is Cc1cc(N)n(CC(=O)N[C@@H]2CCCN(Cc3cccnc3)C2)n1. The minimum absolute atomic E-state index is 0.0435. The number of carbonyl (C=O) groups excluding carboxylic acids is 1. The molecule has 1 aliphatic rings. The quantitative estimate of drug-likeness (QED) is 0.853. The summed E-state index contributed by atoms with van der Waals surface area (Å²) in [6.07, 6.45) is 5.76. The highest BCUT2D eigenvalue weighted by atomic mass is 16.2. The van der Waals surface area contributed by atoms with Gasteiger partial charge in [-0.2, -0.15) is 5.10 Å². The zero-order valence-corrected chi connectivity index (χ0v) is 14.0. The predicted molar refractivity (Wildman–Crippen MR) is 92.1 cm³/mol. The van der Waals surface area contributed by atoms with E-state index in [0.717, 1.165) is 38.2 Å². The Hall–Kier alpha value is -2.41. The molecule has 1 saturated heterocycles. The second-order valence-electron chi connectivity index (χ2n) is 6.37. The number of aryl methyl sites for hydroxylation is 1. The third-order valence-electron chi connectivity index (χ3n) is 4.23. The molecule has 7 nitrogen and oxygen atoms in total. The first-order chi connectivity index (χ1) is 11.6. The van der Waals surface area contributed by atoms with Gasteiger partial charge < -0.3 is 11.1 Å².